The standard InChI is InChI=1S/C13H19NO6/c1-13(2,16)4-5-20-12-7-10(14(17)18)9(8-15)6-11(12)19-3/h6-7,15-16H,4-5,8H2,1-3H3. The first-order valence-electron chi connectivity index (χ1n) is 6.10. The van der Waals surface area contributed by atoms with Crippen molar-refractivity contribution in [1.29, 1.82) is 0 Å². The summed E-state index contributed by atoms with van der Waals surface area (Å²) in [6.45, 7) is 3.02. The first-order valence-corrected chi connectivity index (χ1v) is 6.10. The van der Waals surface area contributed by atoms with Gasteiger partial charge in [-0.05, 0) is 19.9 Å². The molecule has 1 aromatic rings. The number of hydrogen-bond donors (Lipinski definition) is 2. The number of aliphatic hydroxyl groups is 2. The van der Waals surface area contributed by atoms with Gasteiger partial charge in [0.2, 0.25) is 0 Å². The second-order valence-corrected chi connectivity index (χ2v) is 4.96. The molecular weight excluding hydrogens is 266 g/mol. The van der Waals surface area contributed by atoms with Gasteiger partial charge in [0.05, 0.1) is 42.5 Å². The highest BCUT2D eigenvalue weighted by atomic mass is 16.6. The van der Waals surface area contributed by atoms with Crippen LogP contribution in [0.25, 0.3) is 0 Å². The minimum absolute atomic E-state index is 0.154. The number of benzene rings is 1. The number of aliphatic hydroxyl groups excluding tert-OH is 1. The summed E-state index contributed by atoms with van der Waals surface area (Å²) >= 11 is 0. The fraction of sp³-hybridized carbons (Fsp3) is 0.538. The van der Waals surface area contributed by atoms with Crippen molar-refractivity contribution in [3.05, 3.63) is 27.8 Å². The normalized spacial score (nSPS) is 11.2. The average Bonchev–Trinajstić information content (AvgIpc) is 2.36. The van der Waals surface area contributed by atoms with E-state index in [1.54, 1.807) is 13.8 Å². The number of nitro benzene ring substituents is 1. The summed E-state index contributed by atoms with van der Waals surface area (Å²) in [6, 6.07) is 2.59. The quantitative estimate of drug-likeness (QED) is 0.583. The topological polar surface area (TPSA) is 102 Å². The van der Waals surface area contributed by atoms with Gasteiger partial charge in [0.25, 0.3) is 5.69 Å². The van der Waals surface area contributed by atoms with Crippen molar-refractivity contribution in [3.8, 4) is 11.5 Å². The van der Waals surface area contributed by atoms with E-state index in [1.165, 1.54) is 19.2 Å². The molecule has 0 bridgehead atoms. The van der Waals surface area contributed by atoms with Crippen molar-refractivity contribution in [2.24, 2.45) is 0 Å². The van der Waals surface area contributed by atoms with E-state index in [0.29, 0.717) is 12.2 Å². The maximum absolute atomic E-state index is 10.9. The lowest BCUT2D eigenvalue weighted by molar-refractivity contribution is -0.385. The number of ether oxygens (including phenoxy) is 2. The number of rotatable bonds is 7. The van der Waals surface area contributed by atoms with Crippen molar-refractivity contribution in [2.45, 2.75) is 32.5 Å². The first-order chi connectivity index (χ1) is 9.28. The van der Waals surface area contributed by atoms with Gasteiger partial charge >= 0.3 is 0 Å². The molecule has 0 aliphatic rings. The molecule has 0 aliphatic heterocycles. The van der Waals surface area contributed by atoms with Crippen LogP contribution in [-0.2, 0) is 6.61 Å². The summed E-state index contributed by atoms with van der Waals surface area (Å²) in [6.07, 6.45) is 0.367. The lowest BCUT2D eigenvalue weighted by atomic mass is 10.1. The molecular formula is C13H19NO6. The summed E-state index contributed by atoms with van der Waals surface area (Å²) in [4.78, 5) is 10.3. The Labute approximate surface area is 116 Å². The molecule has 0 unspecified atom stereocenters. The molecule has 0 aliphatic carbocycles. The van der Waals surface area contributed by atoms with Crippen LogP contribution in [0.3, 0.4) is 0 Å². The molecule has 0 aromatic heterocycles. The lowest BCUT2D eigenvalue weighted by Crippen LogP contribution is -2.21. The van der Waals surface area contributed by atoms with E-state index in [2.05, 4.69) is 0 Å². The highest BCUT2D eigenvalue weighted by Gasteiger charge is 2.20. The molecule has 0 saturated heterocycles. The number of methoxy groups -OCH3 is 1. The Morgan fingerprint density at radius 2 is 2.00 bits per heavy atom. The van der Waals surface area contributed by atoms with Crippen molar-refractivity contribution in [1.82, 2.24) is 0 Å². The van der Waals surface area contributed by atoms with Gasteiger partial charge in [-0.3, -0.25) is 10.1 Å². The van der Waals surface area contributed by atoms with Crippen molar-refractivity contribution in [3.63, 3.8) is 0 Å². The molecule has 1 aromatic carbocycles. The van der Waals surface area contributed by atoms with Crippen LogP contribution >= 0.6 is 0 Å². The second kappa shape index (κ2) is 6.53. The van der Waals surface area contributed by atoms with Gasteiger partial charge in [-0.2, -0.15) is 0 Å². The Morgan fingerprint density at radius 3 is 2.45 bits per heavy atom. The Kier molecular flexibility index (Phi) is 5.29. The number of hydrogen-bond acceptors (Lipinski definition) is 6. The van der Waals surface area contributed by atoms with Crippen molar-refractivity contribution in [2.75, 3.05) is 13.7 Å². The van der Waals surface area contributed by atoms with E-state index in [4.69, 9.17) is 14.6 Å². The monoisotopic (exact) mass is 285 g/mol. The third-order valence-corrected chi connectivity index (χ3v) is 2.70. The van der Waals surface area contributed by atoms with Gasteiger partial charge in [0.15, 0.2) is 11.5 Å². The van der Waals surface area contributed by atoms with E-state index in [0.717, 1.165) is 0 Å². The predicted octanol–water partition coefficient (Wildman–Crippen LogP) is 1.64. The molecule has 1 rings (SSSR count). The van der Waals surface area contributed by atoms with Gasteiger partial charge in [-0.25, -0.2) is 0 Å². The third kappa shape index (κ3) is 4.36. The number of nitro groups is 1. The fourth-order valence-corrected chi connectivity index (χ4v) is 1.57. The number of nitrogens with zero attached hydrogens (tertiary/aromatic N) is 1. The highest BCUT2D eigenvalue weighted by Crippen LogP contribution is 2.35. The molecule has 0 amide bonds. The minimum Gasteiger partial charge on any atom is -0.493 e. The molecule has 0 fully saturated rings. The summed E-state index contributed by atoms with van der Waals surface area (Å²) < 4.78 is 10.5. The van der Waals surface area contributed by atoms with Crippen LogP contribution in [0.4, 0.5) is 5.69 Å². The SMILES string of the molecule is COc1cc(CO)c([N+](=O)[O-])cc1OCCC(C)(C)O. The Bertz CT molecular complexity index is 480. The molecule has 7 heteroatoms. The van der Waals surface area contributed by atoms with Crippen LogP contribution in [-0.4, -0.2) is 34.5 Å². The van der Waals surface area contributed by atoms with Crippen LogP contribution in [0.1, 0.15) is 25.8 Å². The Hall–Kier alpha value is -1.86. The zero-order chi connectivity index (χ0) is 15.3. The molecule has 2 N–H and O–H groups in total. The van der Waals surface area contributed by atoms with Crippen molar-refractivity contribution >= 4 is 5.69 Å². The van der Waals surface area contributed by atoms with E-state index < -0.39 is 17.1 Å². The Balaban J connectivity index is 2.99. The smallest absolute Gasteiger partial charge is 0.278 e. The maximum atomic E-state index is 10.9. The van der Waals surface area contributed by atoms with E-state index in [-0.39, 0.29) is 23.6 Å². The Morgan fingerprint density at radius 1 is 1.35 bits per heavy atom. The van der Waals surface area contributed by atoms with Gasteiger partial charge in [0, 0.05) is 6.42 Å². The highest BCUT2D eigenvalue weighted by molar-refractivity contribution is 5.54. The van der Waals surface area contributed by atoms with Crippen LogP contribution in [0, 0.1) is 10.1 Å². The third-order valence-electron chi connectivity index (χ3n) is 2.70. The van der Waals surface area contributed by atoms with Crippen LogP contribution < -0.4 is 9.47 Å². The van der Waals surface area contributed by atoms with E-state index in [1.807, 2.05) is 0 Å². The molecule has 0 spiro atoms. The zero-order valence-electron chi connectivity index (χ0n) is 11.8. The van der Waals surface area contributed by atoms with Gasteiger partial charge < -0.3 is 19.7 Å². The van der Waals surface area contributed by atoms with E-state index in [9.17, 15) is 15.2 Å². The van der Waals surface area contributed by atoms with E-state index >= 15 is 0 Å². The average molecular weight is 285 g/mol. The summed E-state index contributed by atoms with van der Waals surface area (Å²) in [5.41, 5.74) is -0.960. The van der Waals surface area contributed by atoms with Crippen molar-refractivity contribution < 1.29 is 24.6 Å². The molecule has 0 heterocycles. The zero-order valence-corrected chi connectivity index (χ0v) is 11.8. The molecule has 0 saturated carbocycles. The van der Waals surface area contributed by atoms with Gasteiger partial charge in [0.1, 0.15) is 0 Å². The summed E-state index contributed by atoms with van der Waals surface area (Å²) in [5, 5.41) is 29.6. The van der Waals surface area contributed by atoms with Gasteiger partial charge in [-0.1, -0.05) is 0 Å². The molecule has 112 valence electrons. The minimum atomic E-state index is -0.885. The predicted molar refractivity (Wildman–Crippen MR) is 72.0 cm³/mol. The summed E-state index contributed by atoms with van der Waals surface area (Å²) in [5.74, 6) is 0.510. The molecule has 7 nitrogen and oxygen atoms in total. The maximum Gasteiger partial charge on any atom is 0.278 e. The van der Waals surface area contributed by atoms with Crippen LogP contribution in [0.2, 0.25) is 0 Å². The molecule has 20 heavy (non-hydrogen) atoms. The van der Waals surface area contributed by atoms with Crippen LogP contribution in [0.15, 0.2) is 12.1 Å². The lowest BCUT2D eigenvalue weighted by Gasteiger charge is -2.18. The second-order valence-electron chi connectivity index (χ2n) is 4.96. The molecule has 0 radical (unpaired) electrons. The fourth-order valence-electron chi connectivity index (χ4n) is 1.57. The largest absolute Gasteiger partial charge is 0.493 e. The molecule has 0 atom stereocenters. The summed E-state index contributed by atoms with van der Waals surface area (Å²) in [7, 11) is 1.41. The first kappa shape index (κ1) is 16.2. The van der Waals surface area contributed by atoms with Crippen LogP contribution in [0.5, 0.6) is 11.5 Å². The van der Waals surface area contributed by atoms with Gasteiger partial charge in [-0.15, -0.1) is 0 Å².